The predicted octanol–water partition coefficient (Wildman–Crippen LogP) is 5.33. The van der Waals surface area contributed by atoms with Crippen LogP contribution >= 0.6 is 0 Å². The van der Waals surface area contributed by atoms with Crippen LogP contribution in [0.5, 0.6) is 5.75 Å². The minimum Gasteiger partial charge on any atom is -0.505 e. The molecule has 4 heteroatoms. The first-order chi connectivity index (χ1) is 11.9. The number of phenolic OH excluding ortho intramolecular Hbond substituents is 1. The molecular formula is C21H27N3O. The van der Waals surface area contributed by atoms with Gasteiger partial charge in [-0.05, 0) is 47.9 Å². The Kier molecular flexibility index (Phi) is 4.55. The molecule has 0 spiro atoms. The van der Waals surface area contributed by atoms with Crippen molar-refractivity contribution in [1.29, 1.82) is 0 Å². The van der Waals surface area contributed by atoms with Crippen LogP contribution in [0.15, 0.2) is 36.4 Å². The zero-order valence-corrected chi connectivity index (χ0v) is 15.7. The lowest BCUT2D eigenvalue weighted by Crippen LogP contribution is -2.17. The highest BCUT2D eigenvalue weighted by atomic mass is 16.3. The average Bonchev–Trinajstić information content (AvgIpc) is 3.04. The molecule has 1 unspecified atom stereocenters. The predicted molar refractivity (Wildman–Crippen MR) is 103 cm³/mol. The Morgan fingerprint density at radius 3 is 2.20 bits per heavy atom. The van der Waals surface area contributed by atoms with E-state index in [4.69, 9.17) is 0 Å². The molecule has 1 aromatic heterocycles. The second kappa shape index (κ2) is 6.51. The number of hydrogen-bond donors (Lipinski definition) is 1. The van der Waals surface area contributed by atoms with Gasteiger partial charge in [-0.2, -0.15) is 0 Å². The zero-order valence-electron chi connectivity index (χ0n) is 15.7. The topological polar surface area (TPSA) is 50.9 Å². The van der Waals surface area contributed by atoms with Crippen LogP contribution in [-0.2, 0) is 5.41 Å². The fourth-order valence-corrected chi connectivity index (χ4v) is 2.99. The molecule has 1 N–H and O–H groups in total. The number of aromatic nitrogens is 3. The average molecular weight is 337 g/mol. The molecule has 0 aliphatic heterocycles. The molecule has 3 aromatic rings. The van der Waals surface area contributed by atoms with E-state index in [0.717, 1.165) is 29.4 Å². The van der Waals surface area contributed by atoms with Gasteiger partial charge in [-0.15, -0.1) is 15.0 Å². The third-order valence-electron chi connectivity index (χ3n) is 5.41. The fraction of sp³-hybridized carbons (Fsp3) is 0.429. The molecule has 1 atom stereocenters. The maximum atomic E-state index is 11.0. The van der Waals surface area contributed by atoms with Crippen LogP contribution in [0, 0.1) is 0 Å². The summed E-state index contributed by atoms with van der Waals surface area (Å²) in [5.41, 5.74) is 4.37. The molecule has 0 bridgehead atoms. The molecule has 2 aromatic carbocycles. The van der Waals surface area contributed by atoms with Crippen LogP contribution in [-0.4, -0.2) is 20.1 Å². The van der Waals surface area contributed by atoms with Crippen molar-refractivity contribution in [3.05, 3.63) is 47.5 Å². The van der Waals surface area contributed by atoms with Crippen molar-refractivity contribution >= 4 is 11.0 Å². The molecule has 0 aliphatic carbocycles. The van der Waals surface area contributed by atoms with Gasteiger partial charge in [0.2, 0.25) is 0 Å². The van der Waals surface area contributed by atoms with Crippen LogP contribution in [0.4, 0.5) is 0 Å². The number of hydrogen-bond acceptors (Lipinski definition) is 3. The summed E-state index contributed by atoms with van der Waals surface area (Å²) in [6.45, 7) is 10.9. The van der Waals surface area contributed by atoms with Gasteiger partial charge in [-0.25, -0.2) is 0 Å². The van der Waals surface area contributed by atoms with E-state index in [1.807, 2.05) is 30.3 Å². The quantitative estimate of drug-likeness (QED) is 0.685. The summed E-state index contributed by atoms with van der Waals surface area (Å²) in [5.74, 6) is 0.690. The number of fused-ring (bicyclic) bond motifs is 1. The van der Waals surface area contributed by atoms with Gasteiger partial charge in [0, 0.05) is 5.56 Å². The Labute approximate surface area is 149 Å². The Balaban J connectivity index is 2.25. The van der Waals surface area contributed by atoms with Crippen molar-refractivity contribution in [2.24, 2.45) is 0 Å². The van der Waals surface area contributed by atoms with E-state index in [2.05, 4.69) is 50.9 Å². The van der Waals surface area contributed by atoms with E-state index >= 15 is 0 Å². The Morgan fingerprint density at radius 2 is 1.68 bits per heavy atom. The molecule has 1 heterocycles. The summed E-state index contributed by atoms with van der Waals surface area (Å²) < 4.78 is 0. The summed E-state index contributed by atoms with van der Waals surface area (Å²) in [6.07, 6.45) is 1.99. The summed E-state index contributed by atoms with van der Waals surface area (Å²) in [5, 5.41) is 20.1. The van der Waals surface area contributed by atoms with E-state index in [1.165, 1.54) is 5.56 Å². The zero-order chi connectivity index (χ0) is 18.2. The number of aromatic hydroxyl groups is 1. The van der Waals surface area contributed by atoms with Crippen LogP contribution in [0.3, 0.4) is 0 Å². The van der Waals surface area contributed by atoms with E-state index in [-0.39, 0.29) is 11.2 Å². The second-order valence-corrected chi connectivity index (χ2v) is 7.46. The van der Waals surface area contributed by atoms with Gasteiger partial charge in [0.1, 0.15) is 22.5 Å². The molecule has 132 valence electrons. The van der Waals surface area contributed by atoms with Crippen LogP contribution in [0.1, 0.15) is 64.5 Å². The van der Waals surface area contributed by atoms with Gasteiger partial charge >= 0.3 is 0 Å². The minimum atomic E-state index is -0.116. The monoisotopic (exact) mass is 337 g/mol. The van der Waals surface area contributed by atoms with Crippen LogP contribution in [0.25, 0.3) is 16.7 Å². The summed E-state index contributed by atoms with van der Waals surface area (Å²) in [4.78, 5) is 1.57. The number of phenols is 1. The first kappa shape index (κ1) is 17.5. The first-order valence-electron chi connectivity index (χ1n) is 9.07. The fourth-order valence-electron chi connectivity index (χ4n) is 2.99. The second-order valence-electron chi connectivity index (χ2n) is 7.46. The van der Waals surface area contributed by atoms with E-state index in [1.54, 1.807) is 4.80 Å². The highest BCUT2D eigenvalue weighted by molar-refractivity contribution is 5.73. The lowest BCUT2D eigenvalue weighted by atomic mass is 9.79. The van der Waals surface area contributed by atoms with Gasteiger partial charge in [-0.3, -0.25) is 0 Å². The lowest BCUT2D eigenvalue weighted by Gasteiger charge is -2.27. The molecule has 4 nitrogen and oxygen atoms in total. The van der Waals surface area contributed by atoms with Crippen LogP contribution < -0.4 is 0 Å². The van der Waals surface area contributed by atoms with Crippen molar-refractivity contribution in [2.45, 2.75) is 58.8 Å². The summed E-state index contributed by atoms with van der Waals surface area (Å²) in [7, 11) is 0. The maximum Gasteiger partial charge on any atom is 0.146 e. The first-order valence-corrected chi connectivity index (χ1v) is 9.07. The number of benzene rings is 2. The van der Waals surface area contributed by atoms with Crippen LogP contribution in [0.2, 0.25) is 0 Å². The van der Waals surface area contributed by atoms with Gasteiger partial charge in [-0.1, -0.05) is 52.8 Å². The molecule has 0 radical (unpaired) electrons. The smallest absolute Gasteiger partial charge is 0.146 e. The van der Waals surface area contributed by atoms with Crippen molar-refractivity contribution in [2.75, 3.05) is 0 Å². The Hall–Kier alpha value is -2.36. The van der Waals surface area contributed by atoms with Crippen molar-refractivity contribution < 1.29 is 5.11 Å². The van der Waals surface area contributed by atoms with E-state index in [0.29, 0.717) is 11.6 Å². The van der Waals surface area contributed by atoms with E-state index < -0.39 is 0 Å². The van der Waals surface area contributed by atoms with E-state index in [9.17, 15) is 5.11 Å². The summed E-state index contributed by atoms with van der Waals surface area (Å²) in [6, 6.07) is 11.9. The van der Waals surface area contributed by atoms with Gasteiger partial charge < -0.3 is 5.11 Å². The van der Waals surface area contributed by atoms with Gasteiger partial charge in [0.05, 0.1) is 0 Å². The third kappa shape index (κ3) is 3.13. The SMILES string of the molecule is CCC(C)c1cc(-n2nc3ccccc3n2)c(O)c(C(C)(C)CC)c1. The lowest BCUT2D eigenvalue weighted by molar-refractivity contribution is 0.423. The Morgan fingerprint density at radius 1 is 1.08 bits per heavy atom. The van der Waals surface area contributed by atoms with Crippen molar-refractivity contribution in [1.82, 2.24) is 15.0 Å². The molecule has 25 heavy (non-hydrogen) atoms. The molecule has 0 aliphatic rings. The molecule has 0 amide bonds. The highest BCUT2D eigenvalue weighted by Gasteiger charge is 2.26. The molecule has 3 rings (SSSR count). The molecule has 0 saturated carbocycles. The maximum absolute atomic E-state index is 11.0. The molecular weight excluding hydrogens is 310 g/mol. The highest BCUT2D eigenvalue weighted by Crippen LogP contribution is 2.40. The van der Waals surface area contributed by atoms with Crippen molar-refractivity contribution in [3.8, 4) is 11.4 Å². The number of nitrogens with zero attached hydrogens (tertiary/aromatic N) is 3. The molecule has 0 fully saturated rings. The summed E-state index contributed by atoms with van der Waals surface area (Å²) >= 11 is 0. The normalized spacial score (nSPS) is 13.3. The third-order valence-corrected chi connectivity index (χ3v) is 5.41. The van der Waals surface area contributed by atoms with Crippen molar-refractivity contribution in [3.63, 3.8) is 0 Å². The van der Waals surface area contributed by atoms with Gasteiger partial charge in [0.15, 0.2) is 0 Å². The minimum absolute atomic E-state index is 0.116. The van der Waals surface area contributed by atoms with Gasteiger partial charge in [0.25, 0.3) is 0 Å². The molecule has 0 saturated heterocycles. The largest absolute Gasteiger partial charge is 0.505 e. The number of rotatable bonds is 5. The standard InChI is InChI=1S/C21H27N3O/c1-6-14(3)15-12-16(21(4,5)7-2)20(25)19(13-15)24-22-17-10-8-9-11-18(17)23-24/h8-14,25H,6-7H2,1-5H3. The Bertz CT molecular complexity index is 862.